The van der Waals surface area contributed by atoms with Gasteiger partial charge in [-0.25, -0.2) is 0 Å². The van der Waals surface area contributed by atoms with E-state index in [2.05, 4.69) is 26.6 Å². The van der Waals surface area contributed by atoms with E-state index in [0.29, 0.717) is 0 Å². The molecule has 2 aromatic carbocycles. The average molecular weight is 377 g/mol. The second-order valence-electron chi connectivity index (χ2n) is 5.58. The van der Waals surface area contributed by atoms with Crippen molar-refractivity contribution < 1.29 is 9.53 Å². The summed E-state index contributed by atoms with van der Waals surface area (Å²) in [4.78, 5) is 12.0. The molecule has 0 saturated carbocycles. The fraction of sp³-hybridized carbons (Fsp3) is 0.278. The molecule has 0 aliphatic heterocycles. The van der Waals surface area contributed by atoms with Crippen molar-refractivity contribution in [3.8, 4) is 5.75 Å². The van der Waals surface area contributed by atoms with Crippen molar-refractivity contribution >= 4 is 33.2 Å². The van der Waals surface area contributed by atoms with Gasteiger partial charge in [-0.1, -0.05) is 6.07 Å². The highest BCUT2D eigenvalue weighted by molar-refractivity contribution is 9.10. The Bertz CT molecular complexity index is 669. The zero-order valence-electron chi connectivity index (χ0n) is 13.5. The number of halogens is 1. The number of nitrogens with one attached hydrogen (secondary N) is 2. The summed E-state index contributed by atoms with van der Waals surface area (Å²) in [6.07, 6.45) is 0.146. The van der Waals surface area contributed by atoms with E-state index in [1.807, 2.05) is 63.2 Å². The van der Waals surface area contributed by atoms with Crippen LogP contribution < -0.4 is 15.4 Å². The molecule has 0 atom stereocenters. The quantitative estimate of drug-likeness (QED) is 0.774. The van der Waals surface area contributed by atoms with Crippen LogP contribution in [-0.2, 0) is 4.79 Å². The standard InChI is InChI=1S/C18H21BrN2O2/c1-12(2)23-15-7-5-14(6-8-15)20-11-18(22)21-17-9-4-13(3)10-16(17)19/h4-10,12,20H,11H2,1-3H3,(H,21,22). The number of hydrogen-bond acceptors (Lipinski definition) is 3. The molecule has 2 rings (SSSR count). The molecular formula is C18H21BrN2O2. The normalized spacial score (nSPS) is 10.5. The SMILES string of the molecule is Cc1ccc(NC(=O)CNc2ccc(OC(C)C)cc2)c(Br)c1. The van der Waals surface area contributed by atoms with Crippen LogP contribution >= 0.6 is 15.9 Å². The van der Waals surface area contributed by atoms with Gasteiger partial charge in [-0.15, -0.1) is 0 Å². The first-order chi connectivity index (χ1) is 10.9. The first-order valence-electron chi connectivity index (χ1n) is 7.50. The Morgan fingerprint density at radius 1 is 1.17 bits per heavy atom. The predicted octanol–water partition coefficient (Wildman–Crippen LogP) is 4.60. The van der Waals surface area contributed by atoms with Gasteiger partial charge >= 0.3 is 0 Å². The van der Waals surface area contributed by atoms with Crippen LogP contribution in [0, 0.1) is 6.92 Å². The third-order valence-electron chi connectivity index (χ3n) is 3.08. The fourth-order valence-electron chi connectivity index (χ4n) is 2.02. The number of ether oxygens (including phenoxy) is 1. The molecule has 2 aromatic rings. The van der Waals surface area contributed by atoms with Crippen molar-refractivity contribution in [3.63, 3.8) is 0 Å². The minimum Gasteiger partial charge on any atom is -0.491 e. The molecule has 0 radical (unpaired) electrons. The summed E-state index contributed by atoms with van der Waals surface area (Å²) in [5, 5.41) is 5.97. The maximum Gasteiger partial charge on any atom is 0.243 e. The molecule has 4 nitrogen and oxygen atoms in total. The van der Waals surface area contributed by atoms with Crippen molar-refractivity contribution in [2.75, 3.05) is 17.2 Å². The van der Waals surface area contributed by atoms with Gasteiger partial charge in [0.1, 0.15) is 5.75 Å². The third-order valence-corrected chi connectivity index (χ3v) is 3.73. The van der Waals surface area contributed by atoms with Gasteiger partial charge in [-0.2, -0.15) is 0 Å². The lowest BCUT2D eigenvalue weighted by Gasteiger charge is -2.12. The van der Waals surface area contributed by atoms with Crippen LogP contribution in [0.3, 0.4) is 0 Å². The molecule has 0 unspecified atom stereocenters. The molecular weight excluding hydrogens is 356 g/mol. The van der Waals surface area contributed by atoms with E-state index in [-0.39, 0.29) is 18.6 Å². The van der Waals surface area contributed by atoms with E-state index in [1.54, 1.807) is 0 Å². The highest BCUT2D eigenvalue weighted by Gasteiger charge is 2.06. The number of benzene rings is 2. The molecule has 0 aromatic heterocycles. The number of rotatable bonds is 6. The van der Waals surface area contributed by atoms with Crippen molar-refractivity contribution in [1.29, 1.82) is 0 Å². The van der Waals surface area contributed by atoms with Crippen LogP contribution in [0.2, 0.25) is 0 Å². The van der Waals surface area contributed by atoms with E-state index < -0.39 is 0 Å². The van der Waals surface area contributed by atoms with E-state index in [4.69, 9.17) is 4.74 Å². The molecule has 0 heterocycles. The molecule has 0 bridgehead atoms. The Balaban J connectivity index is 1.86. The first-order valence-corrected chi connectivity index (χ1v) is 8.30. The molecule has 23 heavy (non-hydrogen) atoms. The van der Waals surface area contributed by atoms with Crippen molar-refractivity contribution in [3.05, 3.63) is 52.5 Å². The molecule has 0 aliphatic carbocycles. The topological polar surface area (TPSA) is 50.4 Å². The Kier molecular flexibility index (Phi) is 6.04. The number of amides is 1. The van der Waals surface area contributed by atoms with Crippen LogP contribution in [-0.4, -0.2) is 18.6 Å². The highest BCUT2D eigenvalue weighted by Crippen LogP contribution is 2.23. The maximum absolute atomic E-state index is 12.0. The number of carbonyl (C=O) groups is 1. The molecule has 0 spiro atoms. The first kappa shape index (κ1) is 17.3. The Morgan fingerprint density at radius 3 is 2.48 bits per heavy atom. The highest BCUT2D eigenvalue weighted by atomic mass is 79.9. The lowest BCUT2D eigenvalue weighted by molar-refractivity contribution is -0.114. The lowest BCUT2D eigenvalue weighted by atomic mass is 10.2. The zero-order chi connectivity index (χ0) is 16.8. The number of anilines is 2. The van der Waals surface area contributed by atoms with Crippen LogP contribution in [0.5, 0.6) is 5.75 Å². The van der Waals surface area contributed by atoms with Crippen LogP contribution in [0.1, 0.15) is 19.4 Å². The van der Waals surface area contributed by atoms with Crippen LogP contribution in [0.15, 0.2) is 46.9 Å². The van der Waals surface area contributed by atoms with Gasteiger partial charge in [0.15, 0.2) is 0 Å². The van der Waals surface area contributed by atoms with Gasteiger partial charge in [0, 0.05) is 10.2 Å². The van der Waals surface area contributed by atoms with E-state index in [1.165, 1.54) is 0 Å². The Hall–Kier alpha value is -2.01. The van der Waals surface area contributed by atoms with Gasteiger partial charge in [0.2, 0.25) is 5.91 Å². The number of hydrogen-bond donors (Lipinski definition) is 2. The van der Waals surface area contributed by atoms with Crippen LogP contribution in [0.25, 0.3) is 0 Å². The molecule has 122 valence electrons. The van der Waals surface area contributed by atoms with Crippen molar-refractivity contribution in [2.45, 2.75) is 26.9 Å². The molecule has 0 saturated heterocycles. The summed E-state index contributed by atoms with van der Waals surface area (Å²) >= 11 is 3.45. The molecule has 1 amide bonds. The molecule has 2 N–H and O–H groups in total. The largest absolute Gasteiger partial charge is 0.491 e. The average Bonchev–Trinajstić information content (AvgIpc) is 2.49. The van der Waals surface area contributed by atoms with Gasteiger partial charge < -0.3 is 15.4 Å². The van der Waals surface area contributed by atoms with Crippen molar-refractivity contribution in [2.24, 2.45) is 0 Å². The summed E-state index contributed by atoms with van der Waals surface area (Å²) in [5.41, 5.74) is 2.78. The molecule has 5 heteroatoms. The number of carbonyl (C=O) groups excluding carboxylic acids is 1. The van der Waals surface area contributed by atoms with Gasteiger partial charge in [0.05, 0.1) is 18.3 Å². The minimum atomic E-state index is -0.0999. The van der Waals surface area contributed by atoms with Crippen molar-refractivity contribution in [1.82, 2.24) is 0 Å². The fourth-order valence-corrected chi connectivity index (χ4v) is 2.61. The summed E-state index contributed by atoms with van der Waals surface area (Å²) in [7, 11) is 0. The van der Waals surface area contributed by atoms with E-state index >= 15 is 0 Å². The van der Waals surface area contributed by atoms with Gasteiger partial charge in [0.25, 0.3) is 0 Å². The minimum absolute atomic E-state index is 0.0999. The Labute approximate surface area is 145 Å². The third kappa shape index (κ3) is 5.60. The van der Waals surface area contributed by atoms with Gasteiger partial charge in [-0.3, -0.25) is 4.79 Å². The molecule has 0 aliphatic rings. The van der Waals surface area contributed by atoms with E-state index in [9.17, 15) is 4.79 Å². The maximum atomic E-state index is 12.0. The second kappa shape index (κ2) is 8.02. The summed E-state index contributed by atoms with van der Waals surface area (Å²) in [5.74, 6) is 0.718. The Morgan fingerprint density at radius 2 is 1.87 bits per heavy atom. The van der Waals surface area contributed by atoms with E-state index in [0.717, 1.165) is 27.2 Å². The van der Waals surface area contributed by atoms with Crippen LogP contribution in [0.4, 0.5) is 11.4 Å². The summed E-state index contributed by atoms with van der Waals surface area (Å²) < 4.78 is 6.46. The second-order valence-corrected chi connectivity index (χ2v) is 6.43. The number of aryl methyl sites for hydroxylation is 1. The monoisotopic (exact) mass is 376 g/mol. The smallest absolute Gasteiger partial charge is 0.243 e. The van der Waals surface area contributed by atoms with Gasteiger partial charge in [-0.05, 0) is 78.7 Å². The predicted molar refractivity (Wildman–Crippen MR) is 98.2 cm³/mol. The summed E-state index contributed by atoms with van der Waals surface area (Å²) in [6, 6.07) is 13.4. The lowest BCUT2D eigenvalue weighted by Crippen LogP contribution is -2.21. The zero-order valence-corrected chi connectivity index (χ0v) is 15.1. The molecule has 0 fully saturated rings. The summed E-state index contributed by atoms with van der Waals surface area (Å²) in [6.45, 7) is 6.18.